The van der Waals surface area contributed by atoms with Crippen molar-refractivity contribution in [1.82, 2.24) is 5.32 Å². The van der Waals surface area contributed by atoms with Crippen LogP contribution in [-0.2, 0) is 17.9 Å². The topological polar surface area (TPSA) is 21.3 Å². The zero-order valence-electron chi connectivity index (χ0n) is 12.2. The Morgan fingerprint density at radius 2 is 1.95 bits per heavy atom. The van der Waals surface area contributed by atoms with Gasteiger partial charge in [0.05, 0.1) is 6.61 Å². The van der Waals surface area contributed by atoms with Crippen LogP contribution in [0.15, 0.2) is 24.3 Å². The molecule has 0 aliphatic heterocycles. The summed E-state index contributed by atoms with van der Waals surface area (Å²) in [4.78, 5) is 0. The maximum atomic E-state index is 5.17. The van der Waals surface area contributed by atoms with Crippen LogP contribution in [0.3, 0.4) is 0 Å². The van der Waals surface area contributed by atoms with Crippen molar-refractivity contribution in [3.63, 3.8) is 0 Å². The summed E-state index contributed by atoms with van der Waals surface area (Å²) >= 11 is 0. The van der Waals surface area contributed by atoms with Crippen molar-refractivity contribution in [2.24, 2.45) is 5.92 Å². The van der Waals surface area contributed by atoms with Crippen LogP contribution in [0, 0.1) is 5.92 Å². The van der Waals surface area contributed by atoms with Crippen LogP contribution in [0.25, 0.3) is 0 Å². The molecule has 0 atom stereocenters. The second kappa shape index (κ2) is 8.34. The smallest absolute Gasteiger partial charge is 0.0713 e. The van der Waals surface area contributed by atoms with E-state index in [9.17, 15) is 0 Å². The lowest BCUT2D eigenvalue weighted by atomic mass is 9.87. The Balaban J connectivity index is 1.65. The number of benzene rings is 1. The third-order valence-electron chi connectivity index (χ3n) is 4.09. The molecule has 1 aromatic rings. The van der Waals surface area contributed by atoms with Crippen molar-refractivity contribution in [1.29, 1.82) is 0 Å². The van der Waals surface area contributed by atoms with Crippen molar-refractivity contribution in [3.05, 3.63) is 35.4 Å². The Morgan fingerprint density at radius 3 is 2.74 bits per heavy atom. The Kier molecular flexibility index (Phi) is 6.38. The molecule has 2 rings (SSSR count). The van der Waals surface area contributed by atoms with E-state index in [2.05, 4.69) is 29.6 Å². The second-order valence-electron chi connectivity index (χ2n) is 5.72. The molecule has 1 fully saturated rings. The summed E-state index contributed by atoms with van der Waals surface area (Å²) in [7, 11) is 1.75. The van der Waals surface area contributed by atoms with E-state index in [0.29, 0.717) is 6.61 Å². The van der Waals surface area contributed by atoms with Crippen LogP contribution >= 0.6 is 0 Å². The minimum atomic E-state index is 0.704. The molecule has 0 amide bonds. The van der Waals surface area contributed by atoms with Crippen LogP contribution in [0.5, 0.6) is 0 Å². The number of nitrogens with one attached hydrogen (secondary N) is 1. The van der Waals surface area contributed by atoms with E-state index in [-0.39, 0.29) is 0 Å². The second-order valence-corrected chi connectivity index (χ2v) is 5.72. The first-order chi connectivity index (χ1) is 9.38. The number of methoxy groups -OCH3 is 1. The van der Waals surface area contributed by atoms with E-state index < -0.39 is 0 Å². The van der Waals surface area contributed by atoms with Gasteiger partial charge in [0.2, 0.25) is 0 Å². The first-order valence-corrected chi connectivity index (χ1v) is 7.66. The van der Waals surface area contributed by atoms with E-state index in [1.807, 2.05) is 0 Å². The number of ether oxygens (including phenoxy) is 1. The maximum Gasteiger partial charge on any atom is 0.0713 e. The van der Waals surface area contributed by atoms with Crippen LogP contribution in [-0.4, -0.2) is 13.7 Å². The van der Waals surface area contributed by atoms with Crippen molar-refractivity contribution in [2.75, 3.05) is 13.7 Å². The molecular weight excluding hydrogens is 234 g/mol. The summed E-state index contributed by atoms with van der Waals surface area (Å²) < 4.78 is 5.17. The molecule has 1 aromatic carbocycles. The van der Waals surface area contributed by atoms with E-state index in [1.165, 1.54) is 49.7 Å². The zero-order valence-corrected chi connectivity index (χ0v) is 12.2. The Morgan fingerprint density at radius 1 is 1.16 bits per heavy atom. The van der Waals surface area contributed by atoms with Crippen LogP contribution in [0.1, 0.15) is 49.7 Å². The van der Waals surface area contributed by atoms with Gasteiger partial charge in [-0.15, -0.1) is 0 Å². The highest BCUT2D eigenvalue weighted by Gasteiger charge is 2.12. The molecule has 0 heterocycles. The Bertz CT molecular complexity index is 358. The lowest BCUT2D eigenvalue weighted by molar-refractivity contribution is 0.185. The molecule has 0 unspecified atom stereocenters. The summed E-state index contributed by atoms with van der Waals surface area (Å²) in [5, 5.41) is 3.58. The molecule has 0 bridgehead atoms. The van der Waals surface area contributed by atoms with Gasteiger partial charge < -0.3 is 10.1 Å². The molecule has 0 aromatic heterocycles. The third-order valence-corrected chi connectivity index (χ3v) is 4.09. The summed E-state index contributed by atoms with van der Waals surface area (Å²) in [6.07, 6.45) is 8.59. The number of hydrogen-bond donors (Lipinski definition) is 1. The van der Waals surface area contributed by atoms with E-state index in [0.717, 1.165) is 19.0 Å². The first-order valence-electron chi connectivity index (χ1n) is 7.66. The molecular formula is C17H27NO. The van der Waals surface area contributed by atoms with Gasteiger partial charge in [0.1, 0.15) is 0 Å². The van der Waals surface area contributed by atoms with E-state index in [1.54, 1.807) is 7.11 Å². The van der Waals surface area contributed by atoms with Gasteiger partial charge in [-0.1, -0.05) is 56.4 Å². The highest BCUT2D eigenvalue weighted by atomic mass is 16.5. The van der Waals surface area contributed by atoms with Crippen LogP contribution < -0.4 is 5.32 Å². The van der Waals surface area contributed by atoms with Gasteiger partial charge in [-0.3, -0.25) is 0 Å². The van der Waals surface area contributed by atoms with Crippen molar-refractivity contribution in [3.8, 4) is 0 Å². The lowest BCUT2D eigenvalue weighted by Crippen LogP contribution is -2.19. The van der Waals surface area contributed by atoms with Gasteiger partial charge in [-0.2, -0.15) is 0 Å². The molecule has 1 saturated carbocycles. The molecule has 0 saturated heterocycles. The molecule has 106 valence electrons. The van der Waals surface area contributed by atoms with Gasteiger partial charge in [0, 0.05) is 13.7 Å². The monoisotopic (exact) mass is 261 g/mol. The van der Waals surface area contributed by atoms with E-state index >= 15 is 0 Å². The normalized spacial score (nSPS) is 16.7. The van der Waals surface area contributed by atoms with E-state index in [4.69, 9.17) is 4.74 Å². The standard InChI is InChI=1S/C17H27NO/c1-19-14-17-9-5-8-16(12-17)13-18-11-10-15-6-3-2-4-7-15/h5,8-9,12,15,18H,2-4,6-7,10-11,13-14H2,1H3. The minimum absolute atomic E-state index is 0.704. The predicted molar refractivity (Wildman–Crippen MR) is 80.1 cm³/mol. The molecule has 2 heteroatoms. The fraction of sp³-hybridized carbons (Fsp3) is 0.647. The zero-order chi connectivity index (χ0) is 13.3. The quantitative estimate of drug-likeness (QED) is 0.752. The maximum absolute atomic E-state index is 5.17. The average Bonchev–Trinajstić information content (AvgIpc) is 2.46. The average molecular weight is 261 g/mol. The first kappa shape index (κ1) is 14.5. The molecule has 1 aliphatic carbocycles. The fourth-order valence-corrected chi connectivity index (χ4v) is 3.01. The van der Waals surface area contributed by atoms with Gasteiger partial charge in [-0.05, 0) is 30.0 Å². The fourth-order valence-electron chi connectivity index (χ4n) is 3.01. The van der Waals surface area contributed by atoms with Crippen LogP contribution in [0.4, 0.5) is 0 Å². The summed E-state index contributed by atoms with van der Waals surface area (Å²) in [5.41, 5.74) is 2.62. The van der Waals surface area contributed by atoms with Gasteiger partial charge in [0.15, 0.2) is 0 Å². The van der Waals surface area contributed by atoms with Crippen molar-refractivity contribution >= 4 is 0 Å². The predicted octanol–water partition coefficient (Wildman–Crippen LogP) is 3.89. The van der Waals surface area contributed by atoms with Gasteiger partial charge >= 0.3 is 0 Å². The SMILES string of the molecule is COCc1cccc(CNCCC2CCCCC2)c1. The highest BCUT2D eigenvalue weighted by molar-refractivity contribution is 5.22. The molecule has 19 heavy (non-hydrogen) atoms. The van der Waals surface area contributed by atoms with Crippen molar-refractivity contribution < 1.29 is 4.74 Å². The summed E-state index contributed by atoms with van der Waals surface area (Å²) in [5.74, 6) is 0.973. The summed E-state index contributed by atoms with van der Waals surface area (Å²) in [6, 6.07) is 8.66. The number of hydrogen-bond acceptors (Lipinski definition) is 2. The number of rotatable bonds is 7. The highest BCUT2D eigenvalue weighted by Crippen LogP contribution is 2.25. The Hall–Kier alpha value is -0.860. The minimum Gasteiger partial charge on any atom is -0.380 e. The van der Waals surface area contributed by atoms with Crippen LogP contribution in [0.2, 0.25) is 0 Å². The largest absolute Gasteiger partial charge is 0.380 e. The van der Waals surface area contributed by atoms with Crippen molar-refractivity contribution in [2.45, 2.75) is 51.7 Å². The molecule has 1 N–H and O–H groups in total. The van der Waals surface area contributed by atoms with Gasteiger partial charge in [-0.25, -0.2) is 0 Å². The molecule has 0 radical (unpaired) electrons. The Labute approximate surface area is 117 Å². The molecule has 1 aliphatic rings. The molecule has 2 nitrogen and oxygen atoms in total. The summed E-state index contributed by atoms with van der Waals surface area (Å²) in [6.45, 7) is 2.83. The molecule has 0 spiro atoms. The third kappa shape index (κ3) is 5.33. The lowest BCUT2D eigenvalue weighted by Gasteiger charge is -2.21. The van der Waals surface area contributed by atoms with Gasteiger partial charge in [0.25, 0.3) is 0 Å².